The van der Waals surface area contributed by atoms with Crippen molar-refractivity contribution in [2.45, 2.75) is 6.54 Å². The predicted molar refractivity (Wildman–Crippen MR) is 108 cm³/mol. The molecule has 2 heterocycles. The van der Waals surface area contributed by atoms with Crippen LogP contribution in [0.15, 0.2) is 60.8 Å². The Hall–Kier alpha value is -2.90. The summed E-state index contributed by atoms with van der Waals surface area (Å²) >= 11 is 0. The number of nitrogens with one attached hydrogen (secondary N) is 1. The zero-order valence-corrected chi connectivity index (χ0v) is 15.8. The van der Waals surface area contributed by atoms with E-state index in [1.54, 1.807) is 4.68 Å². The van der Waals surface area contributed by atoms with Crippen LogP contribution in [0.4, 0.5) is 5.69 Å². The number of hydrogen-bond donors (Lipinski definition) is 1. The number of nitrogens with zero attached hydrogens (tertiary/aromatic N) is 4. The largest absolute Gasteiger partial charge is 0.492 e. The smallest absolute Gasteiger partial charge is 0.119 e. The quantitative estimate of drug-likeness (QED) is 0.649. The van der Waals surface area contributed by atoms with Crippen LogP contribution in [-0.4, -0.2) is 59.3 Å². The second kappa shape index (κ2) is 9.34. The van der Waals surface area contributed by atoms with Gasteiger partial charge in [0.25, 0.3) is 0 Å². The van der Waals surface area contributed by atoms with Crippen molar-refractivity contribution in [3.05, 3.63) is 66.5 Å². The van der Waals surface area contributed by atoms with Crippen molar-refractivity contribution in [2.24, 2.45) is 0 Å². The molecule has 0 radical (unpaired) electrons. The van der Waals surface area contributed by atoms with Gasteiger partial charge in [0.05, 0.1) is 31.6 Å². The van der Waals surface area contributed by atoms with Crippen LogP contribution in [0.3, 0.4) is 0 Å². The fourth-order valence-electron chi connectivity index (χ4n) is 3.07. The summed E-state index contributed by atoms with van der Waals surface area (Å²) in [6.07, 6.45) is 1.94. The fourth-order valence-corrected chi connectivity index (χ4v) is 3.07. The van der Waals surface area contributed by atoms with Gasteiger partial charge in [-0.15, -0.1) is 5.10 Å². The van der Waals surface area contributed by atoms with Gasteiger partial charge in [-0.3, -0.25) is 4.90 Å². The molecule has 0 amide bonds. The minimum atomic E-state index is 0.615. The Labute approximate surface area is 164 Å². The number of rotatable bonds is 8. The van der Waals surface area contributed by atoms with Crippen LogP contribution >= 0.6 is 0 Å². The Bertz CT molecular complexity index is 845. The highest BCUT2D eigenvalue weighted by molar-refractivity contribution is 5.46. The van der Waals surface area contributed by atoms with E-state index < -0.39 is 0 Å². The Kier molecular flexibility index (Phi) is 6.16. The summed E-state index contributed by atoms with van der Waals surface area (Å²) in [4.78, 5) is 2.36. The predicted octanol–water partition coefficient (Wildman–Crippen LogP) is 2.59. The summed E-state index contributed by atoms with van der Waals surface area (Å²) in [6.45, 7) is 5.85. The van der Waals surface area contributed by atoms with Crippen molar-refractivity contribution in [1.29, 1.82) is 0 Å². The maximum Gasteiger partial charge on any atom is 0.119 e. The highest BCUT2D eigenvalue weighted by Gasteiger charge is 2.09. The summed E-state index contributed by atoms with van der Waals surface area (Å²) in [5.41, 5.74) is 2.91. The molecule has 1 fully saturated rings. The lowest BCUT2D eigenvalue weighted by Gasteiger charge is -2.26. The Morgan fingerprint density at radius 3 is 2.57 bits per heavy atom. The normalized spacial score (nSPS) is 14.7. The molecular formula is C21H25N5O2. The number of anilines is 1. The van der Waals surface area contributed by atoms with Crippen LogP contribution in [0.2, 0.25) is 0 Å². The fraction of sp³-hybridized carbons (Fsp3) is 0.333. The topological polar surface area (TPSA) is 64.4 Å². The Morgan fingerprint density at radius 2 is 1.79 bits per heavy atom. The Balaban J connectivity index is 1.23. The van der Waals surface area contributed by atoms with Crippen molar-refractivity contribution < 1.29 is 9.47 Å². The van der Waals surface area contributed by atoms with Gasteiger partial charge in [0.1, 0.15) is 18.1 Å². The molecule has 7 heteroatoms. The first kappa shape index (κ1) is 18.5. The second-order valence-electron chi connectivity index (χ2n) is 6.67. The number of aromatic nitrogens is 3. The van der Waals surface area contributed by atoms with Gasteiger partial charge in [0.2, 0.25) is 0 Å². The third kappa shape index (κ3) is 5.09. The lowest BCUT2D eigenvalue weighted by atomic mass is 10.3. The molecule has 7 nitrogen and oxygen atoms in total. The molecule has 0 bridgehead atoms. The summed E-state index contributed by atoms with van der Waals surface area (Å²) in [7, 11) is 0. The van der Waals surface area contributed by atoms with Crippen molar-refractivity contribution in [3.63, 3.8) is 0 Å². The van der Waals surface area contributed by atoms with E-state index in [1.807, 2.05) is 60.8 Å². The molecule has 0 unspecified atom stereocenters. The van der Waals surface area contributed by atoms with E-state index in [4.69, 9.17) is 9.47 Å². The summed E-state index contributed by atoms with van der Waals surface area (Å²) < 4.78 is 13.0. The molecule has 1 saturated heterocycles. The SMILES string of the molecule is c1ccc(-n2cc(CNc3ccc(OCCN4CCOCC4)cc3)nn2)cc1. The molecule has 0 aliphatic carbocycles. The second-order valence-corrected chi connectivity index (χ2v) is 6.67. The molecule has 1 aromatic heterocycles. The molecule has 2 aromatic carbocycles. The van der Waals surface area contributed by atoms with Crippen LogP contribution in [0.5, 0.6) is 5.75 Å². The lowest BCUT2D eigenvalue weighted by Crippen LogP contribution is -2.38. The van der Waals surface area contributed by atoms with Crippen LogP contribution < -0.4 is 10.1 Å². The van der Waals surface area contributed by atoms with Crippen molar-refractivity contribution in [3.8, 4) is 11.4 Å². The standard InChI is InChI=1S/C21H25N5O2/c1-2-4-20(5-3-1)26-17-19(23-24-26)16-22-18-6-8-21(9-7-18)28-15-12-25-10-13-27-14-11-25/h1-9,17,22H,10-16H2. The molecule has 1 aliphatic rings. The van der Waals surface area contributed by atoms with E-state index >= 15 is 0 Å². The lowest BCUT2D eigenvalue weighted by molar-refractivity contribution is 0.0322. The van der Waals surface area contributed by atoms with Gasteiger partial charge in [-0.05, 0) is 36.4 Å². The van der Waals surface area contributed by atoms with Gasteiger partial charge in [-0.2, -0.15) is 0 Å². The first-order chi connectivity index (χ1) is 13.9. The number of hydrogen-bond acceptors (Lipinski definition) is 6. The average molecular weight is 379 g/mol. The van der Waals surface area contributed by atoms with E-state index in [-0.39, 0.29) is 0 Å². The molecule has 0 atom stereocenters. The molecule has 4 rings (SSSR count). The zero-order chi connectivity index (χ0) is 19.0. The monoisotopic (exact) mass is 379 g/mol. The number of benzene rings is 2. The summed E-state index contributed by atoms with van der Waals surface area (Å²) in [6, 6.07) is 18.0. The van der Waals surface area contributed by atoms with Crippen LogP contribution in [0.25, 0.3) is 5.69 Å². The first-order valence-corrected chi connectivity index (χ1v) is 9.60. The summed E-state index contributed by atoms with van der Waals surface area (Å²) in [5, 5.41) is 11.8. The third-order valence-corrected chi connectivity index (χ3v) is 4.67. The Morgan fingerprint density at radius 1 is 1.00 bits per heavy atom. The highest BCUT2D eigenvalue weighted by atomic mass is 16.5. The molecular weight excluding hydrogens is 354 g/mol. The summed E-state index contributed by atoms with van der Waals surface area (Å²) in [5.74, 6) is 0.883. The highest BCUT2D eigenvalue weighted by Crippen LogP contribution is 2.16. The van der Waals surface area contributed by atoms with Gasteiger partial charge in [0, 0.05) is 25.3 Å². The van der Waals surface area contributed by atoms with E-state index in [0.29, 0.717) is 13.2 Å². The van der Waals surface area contributed by atoms with Gasteiger partial charge in [-0.1, -0.05) is 23.4 Å². The van der Waals surface area contributed by atoms with E-state index in [1.165, 1.54) is 0 Å². The van der Waals surface area contributed by atoms with Crippen LogP contribution in [-0.2, 0) is 11.3 Å². The first-order valence-electron chi connectivity index (χ1n) is 9.60. The van der Waals surface area contributed by atoms with Crippen molar-refractivity contribution >= 4 is 5.69 Å². The van der Waals surface area contributed by atoms with E-state index in [9.17, 15) is 0 Å². The van der Waals surface area contributed by atoms with Gasteiger partial charge < -0.3 is 14.8 Å². The molecule has 0 spiro atoms. The zero-order valence-electron chi connectivity index (χ0n) is 15.8. The van der Waals surface area contributed by atoms with Gasteiger partial charge in [0.15, 0.2) is 0 Å². The van der Waals surface area contributed by atoms with Crippen molar-refractivity contribution in [2.75, 3.05) is 44.8 Å². The molecule has 146 valence electrons. The molecule has 3 aromatic rings. The maximum absolute atomic E-state index is 5.84. The van der Waals surface area contributed by atoms with Crippen molar-refractivity contribution in [1.82, 2.24) is 19.9 Å². The molecule has 1 aliphatic heterocycles. The van der Waals surface area contributed by atoms with E-state index in [0.717, 1.165) is 55.7 Å². The average Bonchev–Trinajstić information content (AvgIpc) is 3.24. The van der Waals surface area contributed by atoms with Crippen LogP contribution in [0.1, 0.15) is 5.69 Å². The number of para-hydroxylation sites is 1. The van der Waals surface area contributed by atoms with Gasteiger partial charge >= 0.3 is 0 Å². The van der Waals surface area contributed by atoms with Crippen LogP contribution in [0, 0.1) is 0 Å². The molecule has 0 saturated carbocycles. The number of morpholine rings is 1. The maximum atomic E-state index is 5.84. The van der Waals surface area contributed by atoms with Gasteiger partial charge in [-0.25, -0.2) is 4.68 Å². The molecule has 1 N–H and O–H groups in total. The third-order valence-electron chi connectivity index (χ3n) is 4.67. The van der Waals surface area contributed by atoms with E-state index in [2.05, 4.69) is 20.5 Å². The minimum Gasteiger partial charge on any atom is -0.492 e. The molecule has 28 heavy (non-hydrogen) atoms. The number of ether oxygens (including phenoxy) is 2. The minimum absolute atomic E-state index is 0.615.